The molecule has 1 heterocycles. The van der Waals surface area contributed by atoms with Crippen molar-refractivity contribution in [1.82, 2.24) is 9.55 Å². The monoisotopic (exact) mass is 267 g/mol. The van der Waals surface area contributed by atoms with Gasteiger partial charge in [-0.05, 0) is 12.1 Å². The highest BCUT2D eigenvalue weighted by molar-refractivity contribution is 6.18. The Morgan fingerprint density at radius 1 is 1.33 bits per heavy atom. The standard InChI is InChI=1S/C13H18ClN3O/c1-16-12-6-4-3-5-11(12)15-13(16)17(8-7-14)9-10-18-2/h3-6H,7-10H2,1-2H3. The van der Waals surface area contributed by atoms with Crippen LogP contribution in [-0.4, -0.2) is 42.2 Å². The smallest absolute Gasteiger partial charge is 0.206 e. The molecule has 5 heteroatoms. The van der Waals surface area contributed by atoms with Gasteiger partial charge in [-0.1, -0.05) is 12.1 Å². The van der Waals surface area contributed by atoms with Gasteiger partial charge in [-0.15, -0.1) is 11.6 Å². The molecule has 0 aliphatic heterocycles. The molecule has 0 spiro atoms. The van der Waals surface area contributed by atoms with Gasteiger partial charge >= 0.3 is 0 Å². The van der Waals surface area contributed by atoms with Crippen LogP contribution in [0.1, 0.15) is 0 Å². The van der Waals surface area contributed by atoms with E-state index in [0.29, 0.717) is 12.5 Å². The molecule has 4 nitrogen and oxygen atoms in total. The lowest BCUT2D eigenvalue weighted by Gasteiger charge is -2.22. The van der Waals surface area contributed by atoms with Crippen LogP contribution >= 0.6 is 11.6 Å². The van der Waals surface area contributed by atoms with Gasteiger partial charge in [0.2, 0.25) is 5.95 Å². The zero-order valence-electron chi connectivity index (χ0n) is 10.8. The molecule has 1 aromatic carbocycles. The zero-order chi connectivity index (χ0) is 13.0. The summed E-state index contributed by atoms with van der Waals surface area (Å²) in [5, 5.41) is 0. The molecular weight excluding hydrogens is 250 g/mol. The number of benzene rings is 1. The highest BCUT2D eigenvalue weighted by Gasteiger charge is 2.13. The SMILES string of the molecule is COCCN(CCCl)c1nc2ccccc2n1C. The Kier molecular flexibility index (Phi) is 4.44. The molecule has 98 valence electrons. The molecule has 0 atom stereocenters. The summed E-state index contributed by atoms with van der Waals surface area (Å²) in [6.07, 6.45) is 0. The van der Waals surface area contributed by atoms with E-state index in [0.717, 1.165) is 30.1 Å². The second-order valence-corrected chi connectivity index (χ2v) is 4.51. The van der Waals surface area contributed by atoms with Crippen LogP contribution in [0.5, 0.6) is 0 Å². The van der Waals surface area contributed by atoms with Crippen molar-refractivity contribution >= 4 is 28.6 Å². The molecule has 0 aliphatic rings. The summed E-state index contributed by atoms with van der Waals surface area (Å²) in [5.41, 5.74) is 2.14. The first-order valence-electron chi connectivity index (χ1n) is 5.99. The number of nitrogens with zero attached hydrogens (tertiary/aromatic N) is 3. The highest BCUT2D eigenvalue weighted by Crippen LogP contribution is 2.20. The van der Waals surface area contributed by atoms with E-state index < -0.39 is 0 Å². The van der Waals surface area contributed by atoms with Crippen molar-refractivity contribution in [1.29, 1.82) is 0 Å². The average Bonchev–Trinajstić information content (AvgIpc) is 2.73. The van der Waals surface area contributed by atoms with Gasteiger partial charge in [0.15, 0.2) is 0 Å². The normalized spacial score (nSPS) is 11.1. The molecule has 1 aromatic heterocycles. The maximum absolute atomic E-state index is 5.86. The van der Waals surface area contributed by atoms with E-state index in [2.05, 4.69) is 20.5 Å². The van der Waals surface area contributed by atoms with Crippen molar-refractivity contribution in [2.75, 3.05) is 37.6 Å². The summed E-state index contributed by atoms with van der Waals surface area (Å²) in [6.45, 7) is 2.22. The van der Waals surface area contributed by atoms with Gasteiger partial charge < -0.3 is 14.2 Å². The van der Waals surface area contributed by atoms with E-state index >= 15 is 0 Å². The summed E-state index contributed by atoms with van der Waals surface area (Å²) in [6, 6.07) is 8.12. The van der Waals surface area contributed by atoms with Crippen LogP contribution in [0.15, 0.2) is 24.3 Å². The first kappa shape index (κ1) is 13.2. The second kappa shape index (κ2) is 6.07. The van der Waals surface area contributed by atoms with Gasteiger partial charge in [-0.2, -0.15) is 0 Å². The van der Waals surface area contributed by atoms with Gasteiger partial charge in [-0.25, -0.2) is 4.98 Å². The van der Waals surface area contributed by atoms with Crippen LogP contribution in [0.2, 0.25) is 0 Å². The van der Waals surface area contributed by atoms with Crippen molar-refractivity contribution in [2.45, 2.75) is 0 Å². The fraction of sp³-hybridized carbons (Fsp3) is 0.462. The average molecular weight is 268 g/mol. The Labute approximate surface area is 112 Å². The maximum Gasteiger partial charge on any atom is 0.206 e. The number of fused-ring (bicyclic) bond motifs is 1. The Morgan fingerprint density at radius 3 is 2.78 bits per heavy atom. The molecular formula is C13H18ClN3O. The van der Waals surface area contributed by atoms with Crippen LogP contribution in [0, 0.1) is 0 Å². The number of aryl methyl sites for hydroxylation is 1. The number of aromatic nitrogens is 2. The van der Waals surface area contributed by atoms with Crippen molar-refractivity contribution in [3.8, 4) is 0 Å². The van der Waals surface area contributed by atoms with Gasteiger partial charge in [-0.3, -0.25) is 0 Å². The predicted octanol–water partition coefficient (Wildman–Crippen LogP) is 2.26. The fourth-order valence-electron chi connectivity index (χ4n) is 2.03. The maximum atomic E-state index is 5.86. The lowest BCUT2D eigenvalue weighted by atomic mass is 10.3. The predicted molar refractivity (Wildman–Crippen MR) is 75.5 cm³/mol. The molecule has 0 amide bonds. The fourth-order valence-corrected chi connectivity index (χ4v) is 2.23. The number of halogens is 1. The van der Waals surface area contributed by atoms with E-state index in [-0.39, 0.29) is 0 Å². The molecule has 0 aliphatic carbocycles. The van der Waals surface area contributed by atoms with Crippen LogP contribution in [-0.2, 0) is 11.8 Å². The molecule has 2 rings (SSSR count). The number of methoxy groups -OCH3 is 1. The summed E-state index contributed by atoms with van der Waals surface area (Å²) < 4.78 is 7.23. The molecule has 0 unspecified atom stereocenters. The molecule has 0 fully saturated rings. The number of imidazole rings is 1. The summed E-state index contributed by atoms with van der Waals surface area (Å²) in [4.78, 5) is 6.81. The Hall–Kier alpha value is -1.26. The van der Waals surface area contributed by atoms with Gasteiger partial charge in [0, 0.05) is 33.1 Å². The van der Waals surface area contributed by atoms with E-state index in [4.69, 9.17) is 16.3 Å². The highest BCUT2D eigenvalue weighted by atomic mass is 35.5. The van der Waals surface area contributed by atoms with E-state index in [1.807, 2.05) is 25.2 Å². The van der Waals surface area contributed by atoms with Gasteiger partial charge in [0.1, 0.15) is 0 Å². The van der Waals surface area contributed by atoms with Gasteiger partial charge in [0.05, 0.1) is 17.6 Å². The molecule has 0 N–H and O–H groups in total. The number of para-hydroxylation sites is 2. The third-order valence-electron chi connectivity index (χ3n) is 2.97. The molecule has 0 saturated heterocycles. The quantitative estimate of drug-likeness (QED) is 0.752. The Bertz CT molecular complexity index is 512. The first-order valence-corrected chi connectivity index (χ1v) is 6.52. The molecule has 0 bridgehead atoms. The zero-order valence-corrected chi connectivity index (χ0v) is 11.5. The minimum absolute atomic E-state index is 0.576. The number of hydrogen-bond donors (Lipinski definition) is 0. The molecule has 0 radical (unpaired) electrons. The summed E-state index contributed by atoms with van der Waals surface area (Å²) in [7, 11) is 3.73. The van der Waals surface area contributed by atoms with Crippen LogP contribution < -0.4 is 4.90 Å². The topological polar surface area (TPSA) is 30.3 Å². The van der Waals surface area contributed by atoms with Crippen molar-refractivity contribution in [3.63, 3.8) is 0 Å². The molecule has 2 aromatic rings. The Balaban J connectivity index is 2.34. The number of ether oxygens (including phenoxy) is 1. The van der Waals surface area contributed by atoms with Crippen molar-refractivity contribution in [3.05, 3.63) is 24.3 Å². The number of anilines is 1. The number of rotatable bonds is 6. The second-order valence-electron chi connectivity index (χ2n) is 4.13. The summed E-state index contributed by atoms with van der Waals surface area (Å²) >= 11 is 5.86. The molecule has 0 saturated carbocycles. The van der Waals surface area contributed by atoms with Crippen LogP contribution in [0.3, 0.4) is 0 Å². The van der Waals surface area contributed by atoms with Crippen LogP contribution in [0.25, 0.3) is 11.0 Å². The third kappa shape index (κ3) is 2.60. The van der Waals surface area contributed by atoms with E-state index in [1.165, 1.54) is 0 Å². The van der Waals surface area contributed by atoms with E-state index in [9.17, 15) is 0 Å². The number of alkyl halides is 1. The van der Waals surface area contributed by atoms with Crippen molar-refractivity contribution < 1.29 is 4.74 Å². The lowest BCUT2D eigenvalue weighted by Crippen LogP contribution is -2.31. The van der Waals surface area contributed by atoms with Crippen LogP contribution in [0.4, 0.5) is 5.95 Å². The van der Waals surface area contributed by atoms with Crippen molar-refractivity contribution in [2.24, 2.45) is 7.05 Å². The first-order chi connectivity index (χ1) is 8.77. The van der Waals surface area contributed by atoms with Gasteiger partial charge in [0.25, 0.3) is 0 Å². The lowest BCUT2D eigenvalue weighted by molar-refractivity contribution is 0.205. The Morgan fingerprint density at radius 2 is 2.11 bits per heavy atom. The minimum atomic E-state index is 0.576. The summed E-state index contributed by atoms with van der Waals surface area (Å²) in [5.74, 6) is 1.52. The van der Waals surface area contributed by atoms with E-state index in [1.54, 1.807) is 7.11 Å². The largest absolute Gasteiger partial charge is 0.383 e. The third-order valence-corrected chi connectivity index (χ3v) is 3.14. The number of hydrogen-bond acceptors (Lipinski definition) is 3. The molecule has 18 heavy (non-hydrogen) atoms. The minimum Gasteiger partial charge on any atom is -0.383 e.